The number of carbonyl (C=O) groups is 1. The van der Waals surface area contributed by atoms with Gasteiger partial charge >= 0.3 is 6.09 Å². The van der Waals surface area contributed by atoms with Gasteiger partial charge in [-0.05, 0) is 46.9 Å². The Morgan fingerprint density at radius 3 is 2.38 bits per heavy atom. The third-order valence-corrected chi connectivity index (χ3v) is 5.10. The molecule has 0 heterocycles. The summed E-state index contributed by atoms with van der Waals surface area (Å²) in [5.41, 5.74) is 13.2. The number of nitrogens with two attached hydrogens (primary N) is 1. The first-order chi connectivity index (χ1) is 14.1. The first kappa shape index (κ1) is 18.6. The van der Waals surface area contributed by atoms with Crippen molar-refractivity contribution < 1.29 is 9.53 Å². The number of ether oxygens (including phenoxy) is 1. The Morgan fingerprint density at radius 2 is 1.69 bits per heavy atom. The molecule has 3 aromatic rings. The molecule has 0 bridgehead atoms. The maximum atomic E-state index is 12.1. The molecule has 0 aliphatic heterocycles. The minimum atomic E-state index is -0.474. The summed E-state index contributed by atoms with van der Waals surface area (Å²) in [6.45, 7) is 2.47. The van der Waals surface area contributed by atoms with Crippen molar-refractivity contribution in [1.82, 2.24) is 5.32 Å². The van der Waals surface area contributed by atoms with Crippen molar-refractivity contribution in [3.63, 3.8) is 0 Å². The van der Waals surface area contributed by atoms with Gasteiger partial charge in [0.05, 0.1) is 6.54 Å². The second-order valence-corrected chi connectivity index (χ2v) is 7.07. The first-order valence-corrected chi connectivity index (χ1v) is 9.57. The molecular weight excluding hydrogens is 360 g/mol. The maximum absolute atomic E-state index is 12.1. The fourth-order valence-corrected chi connectivity index (χ4v) is 3.68. The minimum Gasteiger partial charge on any atom is -0.449 e. The van der Waals surface area contributed by atoms with Gasteiger partial charge in [0.1, 0.15) is 6.61 Å². The topological polar surface area (TPSA) is 64.3 Å². The highest BCUT2D eigenvalue weighted by molar-refractivity contribution is 5.79. The van der Waals surface area contributed by atoms with Crippen LogP contribution in [0.1, 0.15) is 28.2 Å². The number of hydrogen-bond acceptors (Lipinski definition) is 3. The molecule has 0 radical (unpaired) electrons. The zero-order chi connectivity index (χ0) is 20.2. The summed E-state index contributed by atoms with van der Waals surface area (Å²) in [5.74, 6) is 5.95. The van der Waals surface area contributed by atoms with Gasteiger partial charge in [0.25, 0.3) is 0 Å². The van der Waals surface area contributed by atoms with Crippen molar-refractivity contribution in [2.45, 2.75) is 12.8 Å². The number of carbonyl (C=O) groups excluding carboxylic acids is 1. The molecule has 4 rings (SSSR count). The zero-order valence-corrected chi connectivity index (χ0v) is 16.2. The van der Waals surface area contributed by atoms with Crippen LogP contribution in [-0.2, 0) is 4.74 Å². The van der Waals surface area contributed by atoms with Crippen molar-refractivity contribution in [2.75, 3.05) is 18.9 Å². The van der Waals surface area contributed by atoms with Gasteiger partial charge in [0.15, 0.2) is 0 Å². The number of anilines is 1. The first-order valence-electron chi connectivity index (χ1n) is 9.57. The number of hydrogen-bond donors (Lipinski definition) is 2. The number of amides is 1. The summed E-state index contributed by atoms with van der Waals surface area (Å²) in [6, 6.07) is 22.2. The molecule has 29 heavy (non-hydrogen) atoms. The molecule has 0 fully saturated rings. The molecule has 4 heteroatoms. The monoisotopic (exact) mass is 382 g/mol. The quantitative estimate of drug-likeness (QED) is 0.519. The van der Waals surface area contributed by atoms with Gasteiger partial charge in [0.2, 0.25) is 0 Å². The van der Waals surface area contributed by atoms with E-state index in [-0.39, 0.29) is 19.1 Å². The molecule has 0 saturated heterocycles. The minimum absolute atomic E-state index is 0.0475. The van der Waals surface area contributed by atoms with Gasteiger partial charge in [-0.25, -0.2) is 4.79 Å². The van der Waals surface area contributed by atoms with E-state index in [1.54, 1.807) is 0 Å². The maximum Gasteiger partial charge on any atom is 0.407 e. The number of rotatable bonds is 3. The molecule has 1 aliphatic carbocycles. The lowest BCUT2D eigenvalue weighted by atomic mass is 9.98. The fourth-order valence-electron chi connectivity index (χ4n) is 3.68. The number of nitrogen functional groups attached to an aromatic ring is 1. The van der Waals surface area contributed by atoms with Crippen molar-refractivity contribution >= 4 is 11.8 Å². The van der Waals surface area contributed by atoms with Crippen LogP contribution in [0.3, 0.4) is 0 Å². The molecule has 4 nitrogen and oxygen atoms in total. The Labute approximate surface area is 170 Å². The summed E-state index contributed by atoms with van der Waals surface area (Å²) in [5, 5.41) is 2.68. The van der Waals surface area contributed by atoms with Crippen LogP contribution in [0.4, 0.5) is 10.5 Å². The van der Waals surface area contributed by atoms with Gasteiger partial charge in [-0.1, -0.05) is 66.4 Å². The molecule has 144 valence electrons. The van der Waals surface area contributed by atoms with E-state index in [2.05, 4.69) is 41.4 Å². The van der Waals surface area contributed by atoms with Crippen molar-refractivity contribution in [1.29, 1.82) is 0 Å². The Bertz CT molecular complexity index is 1080. The number of fused-ring (bicyclic) bond motifs is 3. The fraction of sp³-hybridized carbons (Fsp3) is 0.160. The standard InChI is InChI=1S/C25H22N2O2/c1-17-12-13-24(26)18(15-17)7-6-14-27-25(28)29-16-23-21-10-4-2-8-19(21)20-9-3-5-11-22(20)23/h2-5,8-13,15,23H,14,16,26H2,1H3,(H,27,28). The largest absolute Gasteiger partial charge is 0.449 e. The lowest BCUT2D eigenvalue weighted by molar-refractivity contribution is 0.144. The van der Waals surface area contributed by atoms with Crippen LogP contribution in [0.2, 0.25) is 0 Å². The second-order valence-electron chi connectivity index (χ2n) is 7.07. The van der Waals surface area contributed by atoms with E-state index in [0.29, 0.717) is 5.69 Å². The van der Waals surface area contributed by atoms with Gasteiger partial charge in [-0.3, -0.25) is 0 Å². The average Bonchev–Trinajstić information content (AvgIpc) is 3.06. The number of nitrogens with one attached hydrogen (secondary N) is 1. The van der Waals surface area contributed by atoms with Crippen LogP contribution in [0, 0.1) is 18.8 Å². The molecule has 3 aromatic carbocycles. The lowest BCUT2D eigenvalue weighted by Gasteiger charge is -2.14. The molecule has 1 aliphatic rings. The van der Waals surface area contributed by atoms with E-state index in [1.165, 1.54) is 22.3 Å². The number of aryl methyl sites for hydroxylation is 1. The summed E-state index contributed by atoms with van der Waals surface area (Å²) >= 11 is 0. The molecule has 3 N–H and O–H groups in total. The van der Waals surface area contributed by atoms with Crippen LogP contribution < -0.4 is 11.1 Å². The summed E-state index contributed by atoms with van der Waals surface area (Å²) in [4.78, 5) is 12.1. The lowest BCUT2D eigenvalue weighted by Crippen LogP contribution is -2.26. The predicted molar refractivity (Wildman–Crippen MR) is 116 cm³/mol. The highest BCUT2D eigenvalue weighted by Gasteiger charge is 2.28. The predicted octanol–water partition coefficient (Wildman–Crippen LogP) is 4.47. The van der Waals surface area contributed by atoms with E-state index in [4.69, 9.17) is 10.5 Å². The normalized spacial score (nSPS) is 11.8. The van der Waals surface area contributed by atoms with E-state index >= 15 is 0 Å². The third kappa shape index (κ3) is 3.95. The Morgan fingerprint density at radius 1 is 1.03 bits per heavy atom. The summed E-state index contributed by atoms with van der Waals surface area (Å²) in [6.07, 6.45) is -0.474. The van der Waals surface area contributed by atoms with Crippen LogP contribution in [-0.4, -0.2) is 19.2 Å². The van der Waals surface area contributed by atoms with E-state index in [9.17, 15) is 4.79 Å². The van der Waals surface area contributed by atoms with Crippen LogP contribution in [0.5, 0.6) is 0 Å². The number of benzene rings is 3. The molecule has 0 unspecified atom stereocenters. The van der Waals surface area contributed by atoms with E-state index < -0.39 is 6.09 Å². The van der Waals surface area contributed by atoms with E-state index in [1.807, 2.05) is 49.4 Å². The third-order valence-electron chi connectivity index (χ3n) is 5.10. The highest BCUT2D eigenvalue weighted by Crippen LogP contribution is 2.44. The van der Waals surface area contributed by atoms with Gasteiger partial charge < -0.3 is 15.8 Å². The van der Waals surface area contributed by atoms with Crippen LogP contribution in [0.15, 0.2) is 66.7 Å². The molecule has 0 saturated carbocycles. The molecule has 0 atom stereocenters. The molecule has 0 aromatic heterocycles. The number of alkyl carbamates (subject to hydrolysis) is 1. The molecular formula is C25H22N2O2. The van der Waals surface area contributed by atoms with Crippen molar-refractivity contribution in [3.8, 4) is 23.0 Å². The average molecular weight is 382 g/mol. The van der Waals surface area contributed by atoms with E-state index in [0.717, 1.165) is 11.1 Å². The smallest absolute Gasteiger partial charge is 0.407 e. The Balaban J connectivity index is 1.36. The summed E-state index contributed by atoms with van der Waals surface area (Å²) < 4.78 is 5.49. The van der Waals surface area contributed by atoms with Crippen molar-refractivity contribution in [3.05, 3.63) is 89.0 Å². The molecule has 0 spiro atoms. The Kier molecular flexibility index (Phi) is 5.22. The van der Waals surface area contributed by atoms with Gasteiger partial charge in [-0.15, -0.1) is 0 Å². The summed E-state index contributed by atoms with van der Waals surface area (Å²) in [7, 11) is 0. The highest BCUT2D eigenvalue weighted by atomic mass is 16.5. The zero-order valence-electron chi connectivity index (χ0n) is 16.2. The van der Waals surface area contributed by atoms with Crippen LogP contribution in [0.25, 0.3) is 11.1 Å². The van der Waals surface area contributed by atoms with Crippen LogP contribution >= 0.6 is 0 Å². The van der Waals surface area contributed by atoms with Gasteiger partial charge in [0, 0.05) is 17.2 Å². The Hall–Kier alpha value is -3.71. The molecule has 1 amide bonds. The second kappa shape index (κ2) is 8.12. The van der Waals surface area contributed by atoms with Gasteiger partial charge in [-0.2, -0.15) is 0 Å². The SMILES string of the molecule is Cc1ccc(N)c(C#CCNC(=O)OCC2c3ccccc3-c3ccccc32)c1. The van der Waals surface area contributed by atoms with Crippen molar-refractivity contribution in [2.24, 2.45) is 0 Å².